The molecule has 0 fully saturated rings. The molecule has 0 radical (unpaired) electrons. The third-order valence-electron chi connectivity index (χ3n) is 9.09. The highest BCUT2D eigenvalue weighted by molar-refractivity contribution is 6.42. The van der Waals surface area contributed by atoms with Crippen LogP contribution in [0.2, 0.25) is 0 Å². The average molecular weight is 565 g/mol. The molecule has 0 atom stereocenters. The van der Waals surface area contributed by atoms with Crippen LogP contribution in [0.3, 0.4) is 0 Å². The molecule has 5 heteroatoms. The molecule has 0 spiro atoms. The number of amides is 2. The number of aliphatic hydroxyl groups excluding tert-OH is 1. The number of anilines is 1. The highest BCUT2D eigenvalue weighted by atomic mass is 16.3. The van der Waals surface area contributed by atoms with Crippen molar-refractivity contribution in [1.82, 2.24) is 0 Å². The van der Waals surface area contributed by atoms with Crippen molar-refractivity contribution in [2.45, 2.75) is 52.4 Å². The molecule has 212 valence electrons. The molecule has 0 aliphatic carbocycles. The number of carbonyl (C=O) groups excluding carboxylic acids is 2. The van der Waals surface area contributed by atoms with E-state index in [1.807, 2.05) is 48.5 Å². The van der Waals surface area contributed by atoms with E-state index in [4.69, 9.17) is 0 Å². The molecule has 1 aliphatic rings. The molecule has 0 bridgehead atoms. The van der Waals surface area contributed by atoms with Crippen molar-refractivity contribution in [1.29, 1.82) is 5.26 Å². The minimum atomic E-state index is -0.308. The van der Waals surface area contributed by atoms with Crippen LogP contribution in [0.5, 0.6) is 0 Å². The average Bonchev–Trinajstić information content (AvgIpc) is 3.01. The Morgan fingerprint density at radius 3 is 1.81 bits per heavy atom. The first kappa shape index (κ1) is 27.1. The maximum Gasteiger partial charge on any atom is 0.266 e. The highest BCUT2D eigenvalue weighted by Gasteiger charge is 2.38. The van der Waals surface area contributed by atoms with Gasteiger partial charge in [-0.25, -0.2) is 4.90 Å². The van der Waals surface area contributed by atoms with Gasteiger partial charge in [0.15, 0.2) is 0 Å². The monoisotopic (exact) mass is 564 g/mol. The summed E-state index contributed by atoms with van der Waals surface area (Å²) < 4.78 is 0. The first-order chi connectivity index (χ1) is 20.8. The molecule has 0 aromatic heterocycles. The number of nitrogens with zero attached hydrogens (tertiary/aromatic N) is 2. The first-order valence-corrected chi connectivity index (χ1v) is 15.0. The third-order valence-corrected chi connectivity index (χ3v) is 9.09. The van der Waals surface area contributed by atoms with Gasteiger partial charge in [0, 0.05) is 28.5 Å². The molecule has 2 amide bonds. The van der Waals surface area contributed by atoms with Crippen LogP contribution in [0.15, 0.2) is 66.7 Å². The number of imide groups is 1. The second-order valence-corrected chi connectivity index (χ2v) is 12.3. The normalized spacial score (nSPS) is 13.5. The van der Waals surface area contributed by atoms with Crippen molar-refractivity contribution >= 4 is 60.6 Å². The second kappa shape index (κ2) is 9.90. The molecular weight excluding hydrogens is 532 g/mol. The summed E-state index contributed by atoms with van der Waals surface area (Å²) >= 11 is 0. The van der Waals surface area contributed by atoms with E-state index in [2.05, 4.69) is 52.0 Å². The quantitative estimate of drug-likeness (QED) is 0.125. The van der Waals surface area contributed by atoms with Crippen LogP contribution in [0.4, 0.5) is 5.69 Å². The third kappa shape index (κ3) is 3.80. The van der Waals surface area contributed by atoms with Gasteiger partial charge in [0.1, 0.15) is 0 Å². The lowest BCUT2D eigenvalue weighted by Crippen LogP contribution is -2.42. The highest BCUT2D eigenvalue weighted by Crippen LogP contribution is 2.46. The Morgan fingerprint density at radius 1 is 0.721 bits per heavy atom. The zero-order valence-corrected chi connectivity index (χ0v) is 24.8. The number of aryl methyl sites for hydroxylation is 1. The van der Waals surface area contributed by atoms with Crippen LogP contribution in [-0.2, 0) is 6.42 Å². The summed E-state index contributed by atoms with van der Waals surface area (Å²) in [5.41, 5.74) is 5.38. The van der Waals surface area contributed by atoms with E-state index in [1.165, 1.54) is 4.90 Å². The Labute approximate surface area is 250 Å². The zero-order valence-electron chi connectivity index (χ0n) is 24.8. The fourth-order valence-corrected chi connectivity index (χ4v) is 7.10. The molecule has 7 rings (SSSR count). The van der Waals surface area contributed by atoms with E-state index in [9.17, 15) is 20.0 Å². The Hall–Kier alpha value is -4.79. The second-order valence-electron chi connectivity index (χ2n) is 12.3. The van der Waals surface area contributed by atoms with Gasteiger partial charge in [-0.3, -0.25) is 9.59 Å². The van der Waals surface area contributed by atoms with Crippen molar-refractivity contribution in [2.24, 2.45) is 0 Å². The van der Waals surface area contributed by atoms with Crippen molar-refractivity contribution in [3.8, 4) is 6.07 Å². The van der Waals surface area contributed by atoms with E-state index in [0.717, 1.165) is 60.8 Å². The molecule has 1 N–H and O–H groups in total. The molecule has 6 aromatic carbocycles. The molecule has 0 saturated heterocycles. The van der Waals surface area contributed by atoms with E-state index in [0.29, 0.717) is 34.2 Å². The van der Waals surface area contributed by atoms with Crippen LogP contribution in [0.25, 0.3) is 43.1 Å². The number of rotatable bonds is 6. The van der Waals surface area contributed by atoms with Crippen LogP contribution >= 0.6 is 0 Å². The van der Waals surface area contributed by atoms with Crippen LogP contribution in [0.1, 0.15) is 88.9 Å². The van der Waals surface area contributed by atoms with Crippen LogP contribution < -0.4 is 4.90 Å². The number of hydrogen-bond donors (Lipinski definition) is 1. The smallest absolute Gasteiger partial charge is 0.266 e. The van der Waals surface area contributed by atoms with Gasteiger partial charge in [0.05, 0.1) is 17.3 Å². The fourth-order valence-electron chi connectivity index (χ4n) is 7.10. The summed E-state index contributed by atoms with van der Waals surface area (Å²) in [4.78, 5) is 30.4. The Kier molecular flexibility index (Phi) is 6.23. The van der Waals surface area contributed by atoms with Gasteiger partial charge in [0.25, 0.3) is 11.8 Å². The zero-order chi connectivity index (χ0) is 30.2. The number of nitriles is 1. The maximum absolute atomic E-state index is 14.5. The van der Waals surface area contributed by atoms with E-state index < -0.39 is 0 Å². The summed E-state index contributed by atoms with van der Waals surface area (Å²) in [6.07, 6.45) is 1.39. The van der Waals surface area contributed by atoms with Crippen molar-refractivity contribution in [2.75, 3.05) is 11.5 Å². The summed E-state index contributed by atoms with van der Waals surface area (Å²) in [5.74, 6) is -0.461. The van der Waals surface area contributed by atoms with Crippen LogP contribution in [-0.4, -0.2) is 23.5 Å². The lowest BCUT2D eigenvalue weighted by molar-refractivity contribution is 0.0893. The number of hydrogen-bond acceptors (Lipinski definition) is 4. The number of fused-ring (bicyclic) bond motifs is 2. The van der Waals surface area contributed by atoms with Gasteiger partial charge in [-0.1, -0.05) is 76.2 Å². The Balaban J connectivity index is 1.52. The van der Waals surface area contributed by atoms with E-state index in [-0.39, 0.29) is 30.3 Å². The van der Waals surface area contributed by atoms with Gasteiger partial charge < -0.3 is 5.11 Å². The number of benzene rings is 6. The first-order valence-electron chi connectivity index (χ1n) is 15.0. The van der Waals surface area contributed by atoms with Gasteiger partial charge in [-0.2, -0.15) is 5.26 Å². The predicted molar refractivity (Wildman–Crippen MR) is 174 cm³/mol. The summed E-state index contributed by atoms with van der Waals surface area (Å²) in [6, 6.07) is 24.1. The van der Waals surface area contributed by atoms with Crippen molar-refractivity contribution in [3.63, 3.8) is 0 Å². The van der Waals surface area contributed by atoms with E-state index >= 15 is 0 Å². The van der Waals surface area contributed by atoms with Crippen molar-refractivity contribution in [3.05, 3.63) is 100 Å². The van der Waals surface area contributed by atoms with Crippen LogP contribution in [0, 0.1) is 11.3 Å². The molecule has 5 nitrogen and oxygen atoms in total. The molecule has 0 saturated carbocycles. The van der Waals surface area contributed by atoms with Gasteiger partial charge >= 0.3 is 0 Å². The van der Waals surface area contributed by atoms with E-state index in [1.54, 1.807) is 0 Å². The molecule has 1 heterocycles. The summed E-state index contributed by atoms with van der Waals surface area (Å²) in [7, 11) is 0. The molecule has 43 heavy (non-hydrogen) atoms. The summed E-state index contributed by atoms with van der Waals surface area (Å²) in [5, 5.41) is 26.7. The molecule has 1 aliphatic heterocycles. The minimum absolute atomic E-state index is 0.0780. The number of aliphatic hydroxyl groups is 1. The Bertz CT molecular complexity index is 2090. The fraction of sp³-hybridized carbons (Fsp3) is 0.237. The lowest BCUT2D eigenvalue weighted by atomic mass is 9.83. The molecule has 6 aromatic rings. The molecular formula is C38H32N2O3. The SMILES string of the molecule is CC(C)c1cc(CCCO)cc(C(C)C)c1N1C(=O)c2ccc3c4cccc5c(C#N)ccc(c6ccc(c2c36)C1=O)c54. The van der Waals surface area contributed by atoms with Gasteiger partial charge in [0.2, 0.25) is 0 Å². The number of carbonyl (C=O) groups is 2. The summed E-state index contributed by atoms with van der Waals surface area (Å²) in [6.45, 7) is 8.47. The largest absolute Gasteiger partial charge is 0.396 e. The standard InChI is InChI=1S/C38H32N2O3/c1-20(2)31-17-22(7-6-16-41)18-32(21(3)4)36(31)40-37(42)29-14-12-27-25-9-5-8-24-23(19-39)10-11-26(33(24)25)28-13-15-30(38(40)43)35(29)34(27)28/h5,8-15,17-18,20-21,41H,6-7,16H2,1-4H3. The topological polar surface area (TPSA) is 81.4 Å². The molecule has 0 unspecified atom stereocenters. The minimum Gasteiger partial charge on any atom is -0.396 e. The van der Waals surface area contributed by atoms with Crippen molar-refractivity contribution < 1.29 is 14.7 Å². The maximum atomic E-state index is 14.5. The predicted octanol–water partition coefficient (Wildman–Crippen LogP) is 8.58. The lowest BCUT2D eigenvalue weighted by Gasteiger charge is -2.33. The van der Waals surface area contributed by atoms with Gasteiger partial charge in [-0.05, 0) is 91.9 Å². The Morgan fingerprint density at radius 2 is 1.26 bits per heavy atom. The van der Waals surface area contributed by atoms with Gasteiger partial charge in [-0.15, -0.1) is 0 Å².